The summed E-state index contributed by atoms with van der Waals surface area (Å²) >= 11 is 0. The molecular weight excluding hydrogens is 356 g/mol. The molecule has 136 valence electrons. The Morgan fingerprint density at radius 1 is 0.679 bits per heavy atom. The molecule has 0 spiro atoms. The topological polar surface area (TPSA) is 77.5 Å². The second-order valence-electron chi connectivity index (χ2n) is 6.30. The standard InChI is InChI=1S/C23H14O5/c24-19(14-7-2-1-3-8-14)13-28-23(27)18-12-6-11-17-20(18)22(26)16-10-5-4-9-15(16)21(17)25/h1-12H,13H2. The summed E-state index contributed by atoms with van der Waals surface area (Å²) in [5.41, 5.74) is 1.14. The molecule has 0 fully saturated rings. The number of hydrogen-bond donors (Lipinski definition) is 0. The Kier molecular flexibility index (Phi) is 4.41. The predicted octanol–water partition coefficient (Wildman–Crippen LogP) is 3.50. The first-order valence-corrected chi connectivity index (χ1v) is 8.64. The maximum Gasteiger partial charge on any atom is 0.339 e. The van der Waals surface area contributed by atoms with Gasteiger partial charge in [-0.15, -0.1) is 0 Å². The van der Waals surface area contributed by atoms with Crippen LogP contribution >= 0.6 is 0 Å². The molecule has 0 radical (unpaired) electrons. The molecule has 0 atom stereocenters. The lowest BCUT2D eigenvalue weighted by molar-refractivity contribution is 0.0473. The number of fused-ring (bicyclic) bond motifs is 2. The molecule has 0 unspecified atom stereocenters. The van der Waals surface area contributed by atoms with E-state index in [1.165, 1.54) is 18.2 Å². The third kappa shape index (κ3) is 2.93. The van der Waals surface area contributed by atoms with Gasteiger partial charge in [-0.3, -0.25) is 14.4 Å². The zero-order valence-corrected chi connectivity index (χ0v) is 14.7. The minimum Gasteiger partial charge on any atom is -0.454 e. The summed E-state index contributed by atoms with van der Waals surface area (Å²) in [4.78, 5) is 50.4. The van der Waals surface area contributed by atoms with Gasteiger partial charge in [0.05, 0.1) is 5.56 Å². The SMILES string of the molecule is O=C(COC(=O)c1cccc2c1C(=O)c1ccccc1C2=O)c1ccccc1. The summed E-state index contributed by atoms with van der Waals surface area (Å²) in [5.74, 6) is -1.90. The summed E-state index contributed by atoms with van der Waals surface area (Å²) in [6, 6.07) is 19.4. The van der Waals surface area contributed by atoms with E-state index in [2.05, 4.69) is 0 Å². The third-order valence-electron chi connectivity index (χ3n) is 4.60. The van der Waals surface area contributed by atoms with Crippen molar-refractivity contribution in [2.45, 2.75) is 0 Å². The molecule has 3 aromatic rings. The molecule has 28 heavy (non-hydrogen) atoms. The van der Waals surface area contributed by atoms with E-state index in [1.807, 2.05) is 0 Å². The number of esters is 1. The van der Waals surface area contributed by atoms with E-state index in [-0.39, 0.29) is 33.8 Å². The van der Waals surface area contributed by atoms with Gasteiger partial charge in [-0.05, 0) is 6.07 Å². The zero-order chi connectivity index (χ0) is 19.7. The molecule has 4 rings (SSSR count). The number of rotatable bonds is 4. The van der Waals surface area contributed by atoms with Crippen molar-refractivity contribution in [3.63, 3.8) is 0 Å². The van der Waals surface area contributed by atoms with Gasteiger partial charge in [0.2, 0.25) is 0 Å². The molecule has 5 heteroatoms. The van der Waals surface area contributed by atoms with E-state index in [0.717, 1.165) is 0 Å². The molecule has 0 saturated heterocycles. The Labute approximate surface area is 160 Å². The summed E-state index contributed by atoms with van der Waals surface area (Å²) in [7, 11) is 0. The highest BCUT2D eigenvalue weighted by atomic mass is 16.5. The molecule has 0 N–H and O–H groups in total. The second kappa shape index (κ2) is 7.04. The molecule has 0 amide bonds. The summed E-state index contributed by atoms with van der Waals surface area (Å²) in [6.07, 6.45) is 0. The highest BCUT2D eigenvalue weighted by molar-refractivity contribution is 6.30. The monoisotopic (exact) mass is 370 g/mol. The van der Waals surface area contributed by atoms with Gasteiger partial charge in [-0.25, -0.2) is 4.79 Å². The lowest BCUT2D eigenvalue weighted by Crippen LogP contribution is -2.25. The van der Waals surface area contributed by atoms with Gasteiger partial charge in [0, 0.05) is 27.8 Å². The summed E-state index contributed by atoms with van der Waals surface area (Å²) < 4.78 is 5.13. The van der Waals surface area contributed by atoms with Crippen LogP contribution in [0.15, 0.2) is 72.8 Å². The predicted molar refractivity (Wildman–Crippen MR) is 101 cm³/mol. The van der Waals surface area contributed by atoms with Crippen molar-refractivity contribution in [2.24, 2.45) is 0 Å². The molecule has 3 aromatic carbocycles. The van der Waals surface area contributed by atoms with E-state index >= 15 is 0 Å². The van der Waals surface area contributed by atoms with Crippen molar-refractivity contribution in [3.05, 3.63) is 106 Å². The van der Waals surface area contributed by atoms with Crippen molar-refractivity contribution >= 4 is 23.3 Å². The van der Waals surface area contributed by atoms with Crippen LogP contribution in [0.4, 0.5) is 0 Å². The summed E-state index contributed by atoms with van der Waals surface area (Å²) in [5, 5.41) is 0. The van der Waals surface area contributed by atoms with Crippen LogP contribution in [-0.2, 0) is 4.74 Å². The molecule has 0 aromatic heterocycles. The molecule has 0 heterocycles. The summed E-state index contributed by atoms with van der Waals surface area (Å²) in [6.45, 7) is -0.453. The molecule has 0 bridgehead atoms. The molecule has 1 aliphatic rings. The highest BCUT2D eigenvalue weighted by Gasteiger charge is 2.33. The normalized spacial score (nSPS) is 12.1. The van der Waals surface area contributed by atoms with Gasteiger partial charge in [-0.2, -0.15) is 0 Å². The number of carbonyl (C=O) groups excluding carboxylic acids is 4. The van der Waals surface area contributed by atoms with E-state index in [4.69, 9.17) is 4.74 Å². The molecule has 5 nitrogen and oxygen atoms in total. The first kappa shape index (κ1) is 17.5. The van der Waals surface area contributed by atoms with Crippen LogP contribution in [-0.4, -0.2) is 29.9 Å². The van der Waals surface area contributed by atoms with Gasteiger partial charge >= 0.3 is 5.97 Å². The Hall–Kier alpha value is -3.86. The smallest absolute Gasteiger partial charge is 0.339 e. The van der Waals surface area contributed by atoms with Gasteiger partial charge in [0.25, 0.3) is 0 Å². The van der Waals surface area contributed by atoms with Crippen LogP contribution in [0.25, 0.3) is 0 Å². The van der Waals surface area contributed by atoms with Crippen molar-refractivity contribution in [1.82, 2.24) is 0 Å². The first-order valence-electron chi connectivity index (χ1n) is 8.64. The van der Waals surface area contributed by atoms with Gasteiger partial charge in [-0.1, -0.05) is 66.7 Å². The quantitative estimate of drug-likeness (QED) is 0.406. The zero-order valence-electron chi connectivity index (χ0n) is 14.7. The molecular formula is C23H14O5. The van der Waals surface area contributed by atoms with E-state index in [0.29, 0.717) is 11.1 Å². The van der Waals surface area contributed by atoms with E-state index < -0.39 is 18.4 Å². The fourth-order valence-corrected chi connectivity index (χ4v) is 3.23. The number of hydrogen-bond acceptors (Lipinski definition) is 5. The highest BCUT2D eigenvalue weighted by Crippen LogP contribution is 2.29. The number of carbonyl (C=O) groups is 4. The number of benzene rings is 3. The van der Waals surface area contributed by atoms with Crippen LogP contribution in [0.5, 0.6) is 0 Å². The first-order chi connectivity index (χ1) is 13.6. The maximum atomic E-state index is 12.9. The van der Waals surface area contributed by atoms with Crippen LogP contribution < -0.4 is 0 Å². The minimum atomic E-state index is -0.818. The molecule has 0 saturated carbocycles. The molecule has 1 aliphatic carbocycles. The van der Waals surface area contributed by atoms with Crippen LogP contribution in [0.2, 0.25) is 0 Å². The average molecular weight is 370 g/mol. The van der Waals surface area contributed by atoms with E-state index in [9.17, 15) is 19.2 Å². The molecule has 0 aliphatic heterocycles. The van der Waals surface area contributed by atoms with Crippen LogP contribution in [0.1, 0.15) is 52.6 Å². The Balaban J connectivity index is 1.63. The largest absolute Gasteiger partial charge is 0.454 e. The van der Waals surface area contributed by atoms with Gasteiger partial charge in [0.15, 0.2) is 24.0 Å². The maximum absolute atomic E-state index is 12.9. The number of ether oxygens (including phenoxy) is 1. The fraction of sp³-hybridized carbons (Fsp3) is 0.0435. The van der Waals surface area contributed by atoms with Gasteiger partial charge < -0.3 is 4.74 Å². The lowest BCUT2D eigenvalue weighted by atomic mass is 9.82. The van der Waals surface area contributed by atoms with Crippen molar-refractivity contribution in [2.75, 3.05) is 6.61 Å². The lowest BCUT2D eigenvalue weighted by Gasteiger charge is -2.19. The van der Waals surface area contributed by atoms with Crippen LogP contribution in [0.3, 0.4) is 0 Å². The fourth-order valence-electron chi connectivity index (χ4n) is 3.23. The van der Waals surface area contributed by atoms with Crippen molar-refractivity contribution in [3.8, 4) is 0 Å². The van der Waals surface area contributed by atoms with Crippen LogP contribution in [0, 0.1) is 0 Å². The van der Waals surface area contributed by atoms with Crippen molar-refractivity contribution in [1.29, 1.82) is 0 Å². The van der Waals surface area contributed by atoms with Crippen molar-refractivity contribution < 1.29 is 23.9 Å². The Morgan fingerprint density at radius 2 is 1.29 bits per heavy atom. The van der Waals surface area contributed by atoms with Gasteiger partial charge in [0.1, 0.15) is 0 Å². The minimum absolute atomic E-state index is 0.0170. The Morgan fingerprint density at radius 3 is 2.00 bits per heavy atom. The van der Waals surface area contributed by atoms with E-state index in [1.54, 1.807) is 54.6 Å². The second-order valence-corrected chi connectivity index (χ2v) is 6.30. The average Bonchev–Trinajstić information content (AvgIpc) is 2.75. The number of Topliss-reactive ketones (excluding diaryl/α,β-unsaturated/α-hetero) is 1. The number of ketones is 3. The Bertz CT molecular complexity index is 1130. The third-order valence-corrected chi connectivity index (χ3v) is 4.60.